The van der Waals surface area contributed by atoms with Crippen LogP contribution in [0.25, 0.3) is 0 Å². The van der Waals surface area contributed by atoms with Gasteiger partial charge in [-0.3, -0.25) is 9.78 Å². The summed E-state index contributed by atoms with van der Waals surface area (Å²) in [6.45, 7) is 3.43. The van der Waals surface area contributed by atoms with Gasteiger partial charge in [-0.05, 0) is 31.6 Å². The number of hydrogen-bond acceptors (Lipinski definition) is 5. The molecule has 0 radical (unpaired) electrons. The number of primary amides is 1. The van der Waals surface area contributed by atoms with Crippen molar-refractivity contribution in [3.8, 4) is 5.88 Å². The Hall–Kier alpha value is -1.85. The number of nitrogens with zero attached hydrogens (tertiary/aromatic N) is 3. The maximum Gasteiger partial charge on any atom is 0.234 e. The Balaban J connectivity index is 1.67. The molecule has 1 aliphatic carbocycles. The van der Waals surface area contributed by atoms with Crippen LogP contribution in [-0.2, 0) is 4.79 Å². The van der Waals surface area contributed by atoms with Gasteiger partial charge in [0.1, 0.15) is 6.10 Å². The molecule has 0 aromatic carbocycles. The third-order valence-corrected chi connectivity index (χ3v) is 4.74. The molecule has 120 valence electrons. The predicted molar refractivity (Wildman–Crippen MR) is 83.6 cm³/mol. The average Bonchev–Trinajstić information content (AvgIpc) is 2.91. The summed E-state index contributed by atoms with van der Waals surface area (Å²) < 4.78 is 5.96. The first kappa shape index (κ1) is 15.1. The molecule has 2 N–H and O–H groups in total. The number of nitrogens with two attached hydrogens (primary N) is 1. The fourth-order valence-corrected chi connectivity index (χ4v) is 3.43. The largest absolute Gasteiger partial charge is 0.473 e. The highest BCUT2D eigenvalue weighted by Gasteiger charge is 2.34. The fourth-order valence-electron chi connectivity index (χ4n) is 3.43. The lowest BCUT2D eigenvalue weighted by Crippen LogP contribution is -2.29. The van der Waals surface area contributed by atoms with Crippen molar-refractivity contribution in [1.29, 1.82) is 0 Å². The van der Waals surface area contributed by atoms with E-state index in [1.54, 1.807) is 12.4 Å². The standard InChI is InChI=1S/C16H24N4O2/c1-11-9-20(10-13(11)16(17)21)14-7-18-8-15(19-14)22-12-5-3-2-4-6-12/h7-8,11-13H,2-6,9-10H2,1H3,(H2,17,21)/t11-,13-/m1/s1. The molecular formula is C16H24N4O2. The maximum absolute atomic E-state index is 11.5. The molecule has 1 amide bonds. The lowest BCUT2D eigenvalue weighted by atomic mass is 9.98. The quantitative estimate of drug-likeness (QED) is 0.916. The zero-order valence-electron chi connectivity index (χ0n) is 13.1. The van der Waals surface area contributed by atoms with Crippen molar-refractivity contribution in [3.63, 3.8) is 0 Å². The minimum absolute atomic E-state index is 0.121. The van der Waals surface area contributed by atoms with Crippen LogP contribution >= 0.6 is 0 Å². The molecule has 0 unspecified atom stereocenters. The van der Waals surface area contributed by atoms with Crippen LogP contribution in [0.2, 0.25) is 0 Å². The number of carbonyl (C=O) groups is 1. The first-order chi connectivity index (χ1) is 10.6. The van der Waals surface area contributed by atoms with Gasteiger partial charge < -0.3 is 15.4 Å². The summed E-state index contributed by atoms with van der Waals surface area (Å²) in [5.41, 5.74) is 5.46. The Bertz CT molecular complexity index is 531. The molecule has 6 nitrogen and oxygen atoms in total. The van der Waals surface area contributed by atoms with Gasteiger partial charge in [-0.2, -0.15) is 4.98 Å². The Labute approximate surface area is 131 Å². The van der Waals surface area contributed by atoms with E-state index in [-0.39, 0.29) is 23.8 Å². The van der Waals surface area contributed by atoms with Crippen LogP contribution in [0.15, 0.2) is 12.4 Å². The number of aromatic nitrogens is 2. The fraction of sp³-hybridized carbons (Fsp3) is 0.688. The average molecular weight is 304 g/mol. The van der Waals surface area contributed by atoms with Crippen LogP contribution in [0.4, 0.5) is 5.82 Å². The summed E-state index contributed by atoms with van der Waals surface area (Å²) in [7, 11) is 0. The topological polar surface area (TPSA) is 81.3 Å². The summed E-state index contributed by atoms with van der Waals surface area (Å²) in [5, 5.41) is 0. The van der Waals surface area contributed by atoms with Gasteiger partial charge in [0.2, 0.25) is 11.8 Å². The van der Waals surface area contributed by atoms with Crippen molar-refractivity contribution in [2.45, 2.75) is 45.1 Å². The van der Waals surface area contributed by atoms with Crippen molar-refractivity contribution in [2.75, 3.05) is 18.0 Å². The van der Waals surface area contributed by atoms with E-state index < -0.39 is 0 Å². The van der Waals surface area contributed by atoms with E-state index in [4.69, 9.17) is 10.5 Å². The van der Waals surface area contributed by atoms with Crippen LogP contribution in [-0.4, -0.2) is 35.1 Å². The zero-order chi connectivity index (χ0) is 15.5. The Morgan fingerprint density at radius 3 is 2.73 bits per heavy atom. The zero-order valence-corrected chi connectivity index (χ0v) is 13.1. The summed E-state index contributed by atoms with van der Waals surface area (Å²) in [5.74, 6) is 1.23. The lowest BCUT2D eigenvalue weighted by Gasteiger charge is -2.23. The molecule has 1 aromatic heterocycles. The van der Waals surface area contributed by atoms with Gasteiger partial charge in [0.25, 0.3) is 0 Å². The SMILES string of the molecule is C[C@@H]1CN(c2cncc(OC3CCCCC3)n2)C[C@H]1C(N)=O. The number of anilines is 1. The molecule has 2 heterocycles. The summed E-state index contributed by atoms with van der Waals surface area (Å²) in [4.78, 5) is 22.3. The van der Waals surface area contributed by atoms with Crippen molar-refractivity contribution in [1.82, 2.24) is 9.97 Å². The molecule has 2 aliphatic rings. The minimum Gasteiger partial charge on any atom is -0.473 e. The van der Waals surface area contributed by atoms with Gasteiger partial charge >= 0.3 is 0 Å². The van der Waals surface area contributed by atoms with Crippen molar-refractivity contribution < 1.29 is 9.53 Å². The minimum atomic E-state index is -0.238. The molecular weight excluding hydrogens is 280 g/mol. The molecule has 6 heteroatoms. The number of ether oxygens (including phenoxy) is 1. The van der Waals surface area contributed by atoms with Gasteiger partial charge in [-0.1, -0.05) is 13.3 Å². The van der Waals surface area contributed by atoms with Crippen LogP contribution in [0.1, 0.15) is 39.0 Å². The van der Waals surface area contributed by atoms with Gasteiger partial charge in [-0.25, -0.2) is 0 Å². The van der Waals surface area contributed by atoms with E-state index in [1.807, 2.05) is 6.92 Å². The van der Waals surface area contributed by atoms with Crippen molar-refractivity contribution in [2.24, 2.45) is 17.6 Å². The predicted octanol–water partition coefficient (Wildman–Crippen LogP) is 1.75. The van der Waals surface area contributed by atoms with Crippen LogP contribution in [0.5, 0.6) is 5.88 Å². The second-order valence-corrected chi connectivity index (χ2v) is 6.48. The second kappa shape index (κ2) is 6.50. The summed E-state index contributed by atoms with van der Waals surface area (Å²) in [6.07, 6.45) is 9.59. The van der Waals surface area contributed by atoms with E-state index in [9.17, 15) is 4.79 Å². The molecule has 22 heavy (non-hydrogen) atoms. The molecule has 2 fully saturated rings. The molecule has 3 rings (SSSR count). The molecule has 1 saturated carbocycles. The third-order valence-electron chi connectivity index (χ3n) is 4.74. The van der Waals surface area contributed by atoms with Crippen molar-refractivity contribution in [3.05, 3.63) is 12.4 Å². The van der Waals surface area contributed by atoms with Gasteiger partial charge in [0.05, 0.1) is 18.3 Å². The first-order valence-corrected chi connectivity index (χ1v) is 8.16. The molecule has 2 atom stereocenters. The van der Waals surface area contributed by atoms with Crippen LogP contribution in [0.3, 0.4) is 0 Å². The molecule has 1 aliphatic heterocycles. The monoisotopic (exact) mass is 304 g/mol. The summed E-state index contributed by atoms with van der Waals surface area (Å²) >= 11 is 0. The highest BCUT2D eigenvalue weighted by Crippen LogP contribution is 2.28. The van der Waals surface area contributed by atoms with E-state index in [0.29, 0.717) is 12.4 Å². The van der Waals surface area contributed by atoms with E-state index in [0.717, 1.165) is 25.2 Å². The van der Waals surface area contributed by atoms with Crippen LogP contribution < -0.4 is 15.4 Å². The van der Waals surface area contributed by atoms with Gasteiger partial charge in [0, 0.05) is 13.1 Å². The highest BCUT2D eigenvalue weighted by atomic mass is 16.5. The molecule has 1 saturated heterocycles. The first-order valence-electron chi connectivity index (χ1n) is 8.16. The number of hydrogen-bond donors (Lipinski definition) is 1. The Morgan fingerprint density at radius 2 is 2.05 bits per heavy atom. The molecule has 0 bridgehead atoms. The molecule has 0 spiro atoms. The Kier molecular flexibility index (Phi) is 4.45. The number of rotatable bonds is 4. The van der Waals surface area contributed by atoms with E-state index >= 15 is 0 Å². The maximum atomic E-state index is 11.5. The van der Waals surface area contributed by atoms with Crippen LogP contribution in [0, 0.1) is 11.8 Å². The Morgan fingerprint density at radius 1 is 1.27 bits per heavy atom. The highest BCUT2D eigenvalue weighted by molar-refractivity contribution is 5.78. The normalized spacial score (nSPS) is 26.1. The van der Waals surface area contributed by atoms with Gasteiger partial charge in [0.15, 0.2) is 5.82 Å². The third kappa shape index (κ3) is 3.31. The second-order valence-electron chi connectivity index (χ2n) is 6.48. The lowest BCUT2D eigenvalue weighted by molar-refractivity contribution is -0.122. The smallest absolute Gasteiger partial charge is 0.234 e. The molecule has 1 aromatic rings. The van der Waals surface area contributed by atoms with Gasteiger partial charge in [-0.15, -0.1) is 0 Å². The van der Waals surface area contributed by atoms with E-state index in [1.165, 1.54) is 19.3 Å². The number of amides is 1. The van der Waals surface area contributed by atoms with Crippen molar-refractivity contribution >= 4 is 11.7 Å². The van der Waals surface area contributed by atoms with E-state index in [2.05, 4.69) is 14.9 Å². The summed E-state index contributed by atoms with van der Waals surface area (Å²) in [6, 6.07) is 0. The number of carbonyl (C=O) groups excluding carboxylic acids is 1.